The quantitative estimate of drug-likeness (QED) is 0.207. The molecule has 0 nitrogen and oxygen atoms in total. The van der Waals surface area contributed by atoms with Crippen LogP contribution in [0.5, 0.6) is 0 Å². The summed E-state index contributed by atoms with van der Waals surface area (Å²) in [6, 6.07) is 23.9. The molecule has 3 heteroatoms. The minimum absolute atomic E-state index is 0. The molecular weight excluding hydrogens is 562 g/mol. The molecule has 0 N–H and O–H groups in total. The first kappa shape index (κ1) is 26.3. The molecule has 0 fully saturated rings. The third kappa shape index (κ3) is 8.48. The van der Waals surface area contributed by atoms with Gasteiger partial charge in [0.1, 0.15) is 0 Å². The van der Waals surface area contributed by atoms with Gasteiger partial charge in [-0.25, -0.2) is 12.1 Å². The van der Waals surface area contributed by atoms with Crippen LogP contribution in [-0.2, 0) is 49.6 Å². The van der Waals surface area contributed by atoms with Crippen molar-refractivity contribution in [3.8, 4) is 0 Å². The summed E-state index contributed by atoms with van der Waals surface area (Å²) in [5.41, 5.74) is 7.79. The van der Waals surface area contributed by atoms with E-state index in [-0.39, 0.29) is 24.8 Å². The van der Waals surface area contributed by atoms with Crippen LogP contribution in [0, 0.1) is 0 Å². The smallest absolute Gasteiger partial charge is 0.0512 e. The fraction of sp³-hybridized carbons (Fsp3) is 0.346. The maximum Gasteiger partial charge on any atom is -0.0512 e. The standard InChI is InChI=1S/2C9H11.C8H8.2ClH.Hf/c2*1-2-5-9-7-3-6-8(9)4-1;1-2-8-6-4-3-5-7-8;;;/h2*3,6-7H,1-2,4-5H2;3-7H,1H3;2*1H;/q2*-1;;;;+2. The van der Waals surface area contributed by atoms with Gasteiger partial charge < -0.3 is 0 Å². The summed E-state index contributed by atoms with van der Waals surface area (Å²) in [4.78, 5) is 0. The van der Waals surface area contributed by atoms with Crippen molar-refractivity contribution in [2.75, 3.05) is 0 Å². The predicted molar refractivity (Wildman–Crippen MR) is 128 cm³/mol. The molecule has 0 radical (unpaired) electrons. The molecule has 0 bridgehead atoms. The number of fused-ring (bicyclic) bond motifs is 2. The molecule has 154 valence electrons. The van der Waals surface area contributed by atoms with Gasteiger partial charge in [-0.1, -0.05) is 51.4 Å². The van der Waals surface area contributed by atoms with Gasteiger partial charge in [-0.3, -0.25) is 0 Å². The summed E-state index contributed by atoms with van der Waals surface area (Å²) in [6.07, 6.45) is 10.9. The van der Waals surface area contributed by atoms with Crippen LogP contribution in [0.4, 0.5) is 0 Å². The van der Waals surface area contributed by atoms with E-state index < -0.39 is 0 Å². The van der Waals surface area contributed by atoms with Crippen molar-refractivity contribution in [1.82, 2.24) is 0 Å². The second kappa shape index (κ2) is 14.3. The molecule has 0 amide bonds. The molecule has 2 aliphatic carbocycles. The van der Waals surface area contributed by atoms with Gasteiger partial charge in [-0.05, 0) is 0 Å². The number of aryl methyl sites for hydroxylation is 4. The molecule has 0 saturated heterocycles. The molecule has 29 heavy (non-hydrogen) atoms. The van der Waals surface area contributed by atoms with Crippen LogP contribution < -0.4 is 0 Å². The Bertz CT molecular complexity index is 742. The molecule has 0 saturated carbocycles. The van der Waals surface area contributed by atoms with Gasteiger partial charge in [0, 0.05) is 0 Å². The molecule has 0 heterocycles. The molecule has 0 aliphatic heterocycles. The first-order valence-electron chi connectivity index (χ1n) is 10.3. The Morgan fingerprint density at radius 2 is 1.14 bits per heavy atom. The Labute approximate surface area is 203 Å². The largest absolute Gasteiger partial charge is 0.210 e. The summed E-state index contributed by atoms with van der Waals surface area (Å²) in [5.74, 6) is 0. The van der Waals surface area contributed by atoms with Crippen LogP contribution in [0.3, 0.4) is 0 Å². The Hall–Kier alpha value is -0.760. The molecule has 3 aromatic rings. The van der Waals surface area contributed by atoms with Gasteiger partial charge in [0.2, 0.25) is 0 Å². The Morgan fingerprint density at radius 1 is 0.690 bits per heavy atom. The molecular formula is C26H32Cl2Hf. The fourth-order valence-electron chi connectivity index (χ4n) is 3.91. The molecule has 2 aliphatic rings. The molecule has 0 atom stereocenters. The first-order valence-corrected chi connectivity index (χ1v) is 12.1. The van der Waals surface area contributed by atoms with E-state index in [1.165, 1.54) is 84.1 Å². The second-order valence-electron chi connectivity index (χ2n) is 7.56. The number of hydrogen-bond acceptors (Lipinski definition) is 0. The van der Waals surface area contributed by atoms with Crippen LogP contribution in [0.2, 0.25) is 0 Å². The van der Waals surface area contributed by atoms with Crippen LogP contribution >= 0.6 is 24.8 Å². The SMILES string of the molecule is C[C](=[Hf+2])c1ccccc1.Cl.Cl.c1cc2c([cH-]1)CCCC2.c1cc2c([cH-]1)CCCC2. The Balaban J connectivity index is 0.000000210. The number of halogens is 2. The van der Waals surface area contributed by atoms with Crippen molar-refractivity contribution in [1.29, 1.82) is 0 Å². The van der Waals surface area contributed by atoms with Gasteiger partial charge in [0.25, 0.3) is 0 Å². The summed E-state index contributed by atoms with van der Waals surface area (Å²) in [7, 11) is 0. The minimum Gasteiger partial charge on any atom is -0.210 e. The van der Waals surface area contributed by atoms with E-state index in [1.54, 1.807) is 22.3 Å². The zero-order valence-corrected chi connectivity index (χ0v) is 22.5. The molecule has 0 spiro atoms. The maximum atomic E-state index is 2.26. The Morgan fingerprint density at radius 3 is 1.52 bits per heavy atom. The summed E-state index contributed by atoms with van der Waals surface area (Å²) in [5, 5.41) is 0. The van der Waals surface area contributed by atoms with E-state index in [0.29, 0.717) is 0 Å². The number of benzene rings is 1. The second-order valence-corrected chi connectivity index (χ2v) is 10.3. The minimum atomic E-state index is 0. The third-order valence-electron chi connectivity index (χ3n) is 5.51. The van der Waals surface area contributed by atoms with E-state index in [4.69, 9.17) is 0 Å². The summed E-state index contributed by atoms with van der Waals surface area (Å²) < 4.78 is 1.51. The molecule has 3 aromatic carbocycles. The normalized spacial score (nSPS) is 13.6. The van der Waals surface area contributed by atoms with Gasteiger partial charge in [0.05, 0.1) is 0 Å². The molecule has 0 aromatic heterocycles. The average molecular weight is 594 g/mol. The van der Waals surface area contributed by atoms with Crippen molar-refractivity contribution in [2.24, 2.45) is 0 Å². The summed E-state index contributed by atoms with van der Waals surface area (Å²) in [6.45, 7) is 2.18. The van der Waals surface area contributed by atoms with Gasteiger partial charge in [0.15, 0.2) is 0 Å². The van der Waals surface area contributed by atoms with E-state index in [2.05, 4.69) is 67.6 Å². The van der Waals surface area contributed by atoms with Gasteiger partial charge in [-0.2, -0.15) is 46.5 Å². The monoisotopic (exact) mass is 594 g/mol. The fourth-order valence-corrected chi connectivity index (χ4v) is 4.51. The van der Waals surface area contributed by atoms with Crippen LogP contribution in [0.15, 0.2) is 66.7 Å². The van der Waals surface area contributed by atoms with Crippen molar-refractivity contribution in [3.63, 3.8) is 0 Å². The predicted octanol–water partition coefficient (Wildman–Crippen LogP) is 7.19. The maximum absolute atomic E-state index is 2.26. The third-order valence-corrected chi connectivity index (χ3v) is 6.54. The zero-order valence-electron chi connectivity index (χ0n) is 17.3. The van der Waals surface area contributed by atoms with Gasteiger partial charge in [-0.15, -0.1) is 24.8 Å². The van der Waals surface area contributed by atoms with Crippen molar-refractivity contribution < 1.29 is 23.9 Å². The molecule has 5 rings (SSSR count). The zero-order chi connectivity index (χ0) is 18.9. The van der Waals surface area contributed by atoms with Crippen LogP contribution in [0.25, 0.3) is 0 Å². The number of rotatable bonds is 1. The summed E-state index contributed by atoms with van der Waals surface area (Å²) >= 11 is 1.17. The van der Waals surface area contributed by atoms with Crippen molar-refractivity contribution in [2.45, 2.75) is 58.3 Å². The van der Waals surface area contributed by atoms with Gasteiger partial charge >= 0.3 is 70.0 Å². The first-order chi connectivity index (χ1) is 13.2. The Kier molecular flexibility index (Phi) is 12.9. The molecule has 0 unspecified atom stereocenters. The topological polar surface area (TPSA) is 0 Å². The van der Waals surface area contributed by atoms with Crippen molar-refractivity contribution in [3.05, 3.63) is 94.5 Å². The van der Waals surface area contributed by atoms with E-state index >= 15 is 0 Å². The van der Waals surface area contributed by atoms with Crippen LogP contribution in [-0.4, -0.2) is 3.26 Å². The van der Waals surface area contributed by atoms with E-state index in [1.807, 2.05) is 6.07 Å². The number of hydrogen-bond donors (Lipinski definition) is 0. The average Bonchev–Trinajstić information content (AvgIpc) is 3.39. The van der Waals surface area contributed by atoms with E-state index in [0.717, 1.165) is 0 Å². The van der Waals surface area contributed by atoms with Crippen molar-refractivity contribution >= 4 is 28.1 Å². The van der Waals surface area contributed by atoms with Crippen LogP contribution in [0.1, 0.15) is 60.4 Å². The van der Waals surface area contributed by atoms with E-state index in [9.17, 15) is 0 Å².